The molecule has 2 aliphatic rings. The second-order valence-corrected chi connectivity index (χ2v) is 10.0. The second kappa shape index (κ2) is 11.5. The van der Waals surface area contributed by atoms with Crippen molar-refractivity contribution < 1.29 is 14.5 Å². The van der Waals surface area contributed by atoms with E-state index in [1.54, 1.807) is 17.0 Å². The first-order valence-corrected chi connectivity index (χ1v) is 13.1. The van der Waals surface area contributed by atoms with E-state index >= 15 is 0 Å². The third-order valence-electron chi connectivity index (χ3n) is 6.53. The van der Waals surface area contributed by atoms with Gasteiger partial charge >= 0.3 is 0 Å². The molecule has 0 unspecified atom stereocenters. The maximum atomic E-state index is 12.8. The van der Waals surface area contributed by atoms with Gasteiger partial charge in [0.25, 0.3) is 11.6 Å². The van der Waals surface area contributed by atoms with Gasteiger partial charge in [-0.2, -0.15) is 11.8 Å². The molecule has 2 aromatic carbocycles. The summed E-state index contributed by atoms with van der Waals surface area (Å²) in [5.74, 6) is 2.00. The number of carbonyl (C=O) groups is 2. The van der Waals surface area contributed by atoms with Crippen LogP contribution < -0.4 is 10.2 Å². The van der Waals surface area contributed by atoms with Crippen molar-refractivity contribution in [3.05, 3.63) is 63.7 Å². The number of thioether (sulfide) groups is 1. The number of carbonyl (C=O) groups excluding carboxylic acids is 2. The Morgan fingerprint density at radius 2 is 1.69 bits per heavy atom. The molecule has 2 heterocycles. The zero-order valence-electron chi connectivity index (χ0n) is 19.9. The number of nitrogens with zero attached hydrogens (tertiary/aromatic N) is 4. The minimum Gasteiger partial charge on any atom is -0.362 e. The Bertz CT molecular complexity index is 1060. The minimum atomic E-state index is -0.459. The molecule has 0 radical (unpaired) electrons. The van der Waals surface area contributed by atoms with Gasteiger partial charge in [0.2, 0.25) is 5.91 Å². The first-order valence-electron chi connectivity index (χ1n) is 11.9. The zero-order valence-corrected chi connectivity index (χ0v) is 20.8. The molecule has 0 saturated carbocycles. The van der Waals surface area contributed by atoms with Gasteiger partial charge in [-0.05, 0) is 36.2 Å². The lowest BCUT2D eigenvalue weighted by Crippen LogP contribution is -2.48. The standard InChI is InChI=1S/C25H31N5O4S/c1-19(31)28-10-12-29(13-11-28)23-7-4-21(18-24(23)30(33)34)25(32)26-22-5-2-20(3-6-22)8-9-27-14-16-35-17-15-27/h2-7,18H,8-17H2,1H3,(H,26,32). The molecular weight excluding hydrogens is 466 g/mol. The predicted octanol–water partition coefficient (Wildman–Crippen LogP) is 3.11. The van der Waals surface area contributed by atoms with Gasteiger partial charge in [-0.1, -0.05) is 12.1 Å². The summed E-state index contributed by atoms with van der Waals surface area (Å²) < 4.78 is 0. The van der Waals surface area contributed by atoms with Gasteiger partial charge in [0.1, 0.15) is 5.69 Å². The molecule has 0 bridgehead atoms. The summed E-state index contributed by atoms with van der Waals surface area (Å²) in [6.45, 7) is 6.88. The molecule has 0 aromatic heterocycles. The molecule has 2 aliphatic heterocycles. The molecule has 0 spiro atoms. The Morgan fingerprint density at radius 3 is 2.31 bits per heavy atom. The van der Waals surface area contributed by atoms with E-state index in [-0.39, 0.29) is 23.1 Å². The maximum absolute atomic E-state index is 12.8. The van der Waals surface area contributed by atoms with E-state index in [4.69, 9.17) is 0 Å². The number of anilines is 2. The molecule has 35 heavy (non-hydrogen) atoms. The number of nitro groups is 1. The maximum Gasteiger partial charge on any atom is 0.293 e. The summed E-state index contributed by atoms with van der Waals surface area (Å²) in [5.41, 5.74) is 2.45. The Hall–Kier alpha value is -3.11. The van der Waals surface area contributed by atoms with E-state index in [2.05, 4.69) is 10.2 Å². The lowest BCUT2D eigenvalue weighted by molar-refractivity contribution is -0.384. The van der Waals surface area contributed by atoms with Crippen LogP contribution in [0.15, 0.2) is 42.5 Å². The quantitative estimate of drug-likeness (QED) is 0.464. The number of piperazine rings is 1. The van der Waals surface area contributed by atoms with Crippen LogP contribution in [0.5, 0.6) is 0 Å². The largest absolute Gasteiger partial charge is 0.362 e. The van der Waals surface area contributed by atoms with E-state index in [0.29, 0.717) is 37.6 Å². The van der Waals surface area contributed by atoms with Gasteiger partial charge < -0.3 is 20.0 Å². The van der Waals surface area contributed by atoms with Crippen molar-refractivity contribution in [1.82, 2.24) is 9.80 Å². The normalized spacial score (nSPS) is 16.7. The molecule has 0 aliphatic carbocycles. The molecule has 10 heteroatoms. The van der Waals surface area contributed by atoms with Crippen LogP contribution in [-0.2, 0) is 11.2 Å². The molecule has 186 valence electrons. The molecule has 2 amide bonds. The highest BCUT2D eigenvalue weighted by atomic mass is 32.2. The van der Waals surface area contributed by atoms with Crippen molar-refractivity contribution >= 4 is 40.6 Å². The number of amides is 2. The molecule has 2 fully saturated rings. The number of nitro benzene ring substituents is 1. The van der Waals surface area contributed by atoms with Crippen LogP contribution >= 0.6 is 11.8 Å². The summed E-state index contributed by atoms with van der Waals surface area (Å²) >= 11 is 2.00. The fraction of sp³-hybridized carbons (Fsp3) is 0.440. The average molecular weight is 498 g/mol. The van der Waals surface area contributed by atoms with Crippen LogP contribution in [0, 0.1) is 10.1 Å². The first kappa shape index (κ1) is 25.0. The van der Waals surface area contributed by atoms with Crippen molar-refractivity contribution in [2.75, 3.05) is 67.5 Å². The number of rotatable bonds is 7. The zero-order chi connectivity index (χ0) is 24.8. The number of hydrogen-bond acceptors (Lipinski definition) is 7. The Balaban J connectivity index is 1.37. The Morgan fingerprint density at radius 1 is 1.00 bits per heavy atom. The number of nitrogens with one attached hydrogen (secondary N) is 1. The molecule has 2 saturated heterocycles. The van der Waals surface area contributed by atoms with Crippen LogP contribution in [0.25, 0.3) is 0 Å². The monoisotopic (exact) mass is 497 g/mol. The summed E-state index contributed by atoms with van der Waals surface area (Å²) in [6.07, 6.45) is 0.966. The predicted molar refractivity (Wildman–Crippen MR) is 139 cm³/mol. The SMILES string of the molecule is CC(=O)N1CCN(c2ccc(C(=O)Nc3ccc(CCN4CCSCC4)cc3)cc2[N+](=O)[O-])CC1. The highest BCUT2D eigenvalue weighted by Crippen LogP contribution is 2.30. The van der Waals surface area contributed by atoms with Crippen molar-refractivity contribution in [1.29, 1.82) is 0 Å². The molecule has 0 atom stereocenters. The highest BCUT2D eigenvalue weighted by Gasteiger charge is 2.26. The van der Waals surface area contributed by atoms with Crippen LogP contribution in [-0.4, -0.2) is 83.9 Å². The van der Waals surface area contributed by atoms with Crippen molar-refractivity contribution in [2.24, 2.45) is 0 Å². The summed E-state index contributed by atoms with van der Waals surface area (Å²) in [7, 11) is 0. The third-order valence-corrected chi connectivity index (χ3v) is 7.47. The van der Waals surface area contributed by atoms with E-state index in [1.807, 2.05) is 40.9 Å². The van der Waals surface area contributed by atoms with Gasteiger partial charge in [0.15, 0.2) is 0 Å². The lowest BCUT2D eigenvalue weighted by atomic mass is 10.1. The van der Waals surface area contributed by atoms with Gasteiger partial charge in [-0.25, -0.2) is 0 Å². The Labute approximate surface area is 209 Å². The fourth-order valence-corrected chi connectivity index (χ4v) is 5.39. The summed E-state index contributed by atoms with van der Waals surface area (Å²) in [4.78, 5) is 41.8. The minimum absolute atomic E-state index is 0.000356. The molecule has 4 rings (SSSR count). The molecule has 1 N–H and O–H groups in total. The molecule has 2 aromatic rings. The Kier molecular flexibility index (Phi) is 8.25. The van der Waals surface area contributed by atoms with Gasteiger partial charge in [0, 0.05) is 81.6 Å². The number of benzene rings is 2. The smallest absolute Gasteiger partial charge is 0.293 e. The van der Waals surface area contributed by atoms with E-state index < -0.39 is 4.92 Å². The topological polar surface area (TPSA) is 99.0 Å². The van der Waals surface area contributed by atoms with Crippen molar-refractivity contribution in [3.63, 3.8) is 0 Å². The van der Waals surface area contributed by atoms with E-state index in [0.717, 1.165) is 26.1 Å². The van der Waals surface area contributed by atoms with Crippen LogP contribution in [0.2, 0.25) is 0 Å². The lowest BCUT2D eigenvalue weighted by Gasteiger charge is -2.35. The van der Waals surface area contributed by atoms with Crippen LogP contribution in [0.3, 0.4) is 0 Å². The molecule has 9 nitrogen and oxygen atoms in total. The van der Waals surface area contributed by atoms with Crippen LogP contribution in [0.1, 0.15) is 22.8 Å². The molecular formula is C25H31N5O4S. The second-order valence-electron chi connectivity index (χ2n) is 8.81. The highest BCUT2D eigenvalue weighted by molar-refractivity contribution is 7.99. The van der Waals surface area contributed by atoms with Gasteiger partial charge in [-0.3, -0.25) is 19.7 Å². The first-order chi connectivity index (χ1) is 16.9. The third kappa shape index (κ3) is 6.52. The summed E-state index contributed by atoms with van der Waals surface area (Å²) in [6, 6.07) is 12.3. The van der Waals surface area contributed by atoms with E-state index in [1.165, 1.54) is 30.1 Å². The van der Waals surface area contributed by atoms with Crippen molar-refractivity contribution in [3.8, 4) is 0 Å². The van der Waals surface area contributed by atoms with Gasteiger partial charge in [-0.15, -0.1) is 0 Å². The van der Waals surface area contributed by atoms with E-state index in [9.17, 15) is 19.7 Å². The van der Waals surface area contributed by atoms with Crippen LogP contribution in [0.4, 0.5) is 17.1 Å². The average Bonchev–Trinajstić information content (AvgIpc) is 2.88. The summed E-state index contributed by atoms with van der Waals surface area (Å²) in [5, 5.41) is 14.6. The van der Waals surface area contributed by atoms with Crippen molar-refractivity contribution in [2.45, 2.75) is 13.3 Å². The number of hydrogen-bond donors (Lipinski definition) is 1. The van der Waals surface area contributed by atoms with Gasteiger partial charge in [0.05, 0.1) is 4.92 Å². The fourth-order valence-electron chi connectivity index (χ4n) is 4.41.